The predicted molar refractivity (Wildman–Crippen MR) is 65.6 cm³/mol. The van der Waals surface area contributed by atoms with E-state index in [0.29, 0.717) is 5.69 Å². The minimum atomic E-state index is -3.63. The molecule has 0 radical (unpaired) electrons. The fourth-order valence-corrected chi connectivity index (χ4v) is 2.73. The molecule has 1 aromatic carbocycles. The van der Waals surface area contributed by atoms with Crippen LogP contribution < -0.4 is 4.31 Å². The number of carboxylic acid groups (broad SMARTS) is 1. The molecule has 5 nitrogen and oxygen atoms in total. The van der Waals surface area contributed by atoms with Gasteiger partial charge in [-0.25, -0.2) is 13.2 Å². The van der Waals surface area contributed by atoms with E-state index >= 15 is 0 Å². The van der Waals surface area contributed by atoms with Crippen molar-refractivity contribution in [2.45, 2.75) is 19.9 Å². The van der Waals surface area contributed by atoms with E-state index in [1.807, 2.05) is 13.0 Å². The summed E-state index contributed by atoms with van der Waals surface area (Å²) in [5.74, 6) is -1.18. The number of rotatable bonds is 4. The monoisotopic (exact) mass is 257 g/mol. The van der Waals surface area contributed by atoms with E-state index in [4.69, 9.17) is 5.11 Å². The highest BCUT2D eigenvalue weighted by atomic mass is 32.2. The summed E-state index contributed by atoms with van der Waals surface area (Å²) < 4.78 is 24.2. The highest BCUT2D eigenvalue weighted by molar-refractivity contribution is 7.92. The zero-order valence-corrected chi connectivity index (χ0v) is 10.7. The quantitative estimate of drug-likeness (QED) is 0.880. The number of benzene rings is 1. The maximum Gasteiger partial charge on any atom is 0.327 e. The average molecular weight is 257 g/mol. The van der Waals surface area contributed by atoms with Crippen molar-refractivity contribution in [3.63, 3.8) is 0 Å². The van der Waals surface area contributed by atoms with E-state index in [1.54, 1.807) is 18.2 Å². The number of hydrogen-bond acceptors (Lipinski definition) is 3. The summed E-state index contributed by atoms with van der Waals surface area (Å²) in [6, 6.07) is 5.59. The second-order valence-electron chi connectivity index (χ2n) is 3.91. The molecule has 0 saturated carbocycles. The van der Waals surface area contributed by atoms with E-state index < -0.39 is 22.0 Å². The number of sulfonamides is 1. The zero-order valence-electron chi connectivity index (χ0n) is 9.91. The van der Waals surface area contributed by atoms with E-state index in [1.165, 1.54) is 6.92 Å². The van der Waals surface area contributed by atoms with Gasteiger partial charge in [0.05, 0.1) is 11.9 Å². The summed E-state index contributed by atoms with van der Waals surface area (Å²) in [6.07, 6.45) is 0.995. The topological polar surface area (TPSA) is 74.7 Å². The lowest BCUT2D eigenvalue weighted by molar-refractivity contribution is -0.137. The summed E-state index contributed by atoms with van der Waals surface area (Å²) in [5, 5.41) is 8.94. The van der Waals surface area contributed by atoms with Crippen molar-refractivity contribution >= 4 is 21.7 Å². The molecule has 0 aliphatic rings. The molecule has 1 aromatic rings. The van der Waals surface area contributed by atoms with E-state index in [0.717, 1.165) is 16.1 Å². The third-order valence-corrected chi connectivity index (χ3v) is 3.56. The second-order valence-corrected chi connectivity index (χ2v) is 5.77. The van der Waals surface area contributed by atoms with Crippen molar-refractivity contribution < 1.29 is 18.3 Å². The Bertz CT molecular complexity index is 524. The summed E-state index contributed by atoms with van der Waals surface area (Å²) in [6.45, 7) is 3.15. The largest absolute Gasteiger partial charge is 0.480 e. The molecule has 1 N–H and O–H groups in total. The first kappa shape index (κ1) is 13.5. The van der Waals surface area contributed by atoms with Gasteiger partial charge in [-0.05, 0) is 31.5 Å². The van der Waals surface area contributed by atoms with E-state index in [2.05, 4.69) is 0 Å². The van der Waals surface area contributed by atoms with Gasteiger partial charge in [-0.15, -0.1) is 0 Å². The van der Waals surface area contributed by atoms with Crippen LogP contribution in [0.3, 0.4) is 0 Å². The van der Waals surface area contributed by atoms with Crippen molar-refractivity contribution in [3.8, 4) is 0 Å². The van der Waals surface area contributed by atoms with Gasteiger partial charge >= 0.3 is 5.97 Å². The minimum Gasteiger partial charge on any atom is -0.480 e. The summed E-state index contributed by atoms with van der Waals surface area (Å²) in [5.41, 5.74) is 1.23. The molecular weight excluding hydrogens is 242 g/mol. The van der Waals surface area contributed by atoms with Crippen LogP contribution in [-0.4, -0.2) is 31.8 Å². The Morgan fingerprint density at radius 2 is 2.00 bits per heavy atom. The molecule has 1 atom stereocenters. The highest BCUT2D eigenvalue weighted by Crippen LogP contribution is 2.21. The zero-order chi connectivity index (χ0) is 13.2. The Morgan fingerprint density at radius 3 is 2.41 bits per heavy atom. The van der Waals surface area contributed by atoms with Crippen LogP contribution in [0, 0.1) is 6.92 Å². The predicted octanol–water partition coefficient (Wildman–Crippen LogP) is 1.23. The van der Waals surface area contributed by atoms with Gasteiger partial charge in [-0.3, -0.25) is 4.31 Å². The second kappa shape index (κ2) is 4.75. The van der Waals surface area contributed by atoms with Gasteiger partial charge in [0.2, 0.25) is 10.0 Å². The molecule has 17 heavy (non-hydrogen) atoms. The molecule has 0 aliphatic heterocycles. The van der Waals surface area contributed by atoms with E-state index in [9.17, 15) is 13.2 Å². The molecule has 0 bridgehead atoms. The van der Waals surface area contributed by atoms with Gasteiger partial charge in [-0.1, -0.05) is 12.1 Å². The summed E-state index contributed by atoms with van der Waals surface area (Å²) in [4.78, 5) is 10.9. The molecule has 0 aliphatic carbocycles. The number of nitrogens with zero attached hydrogens (tertiary/aromatic N) is 1. The first-order valence-electron chi connectivity index (χ1n) is 5.02. The number of anilines is 1. The number of carbonyl (C=O) groups is 1. The summed E-state index contributed by atoms with van der Waals surface area (Å²) >= 11 is 0. The van der Waals surface area contributed by atoms with Gasteiger partial charge in [0.1, 0.15) is 6.04 Å². The number of hydrogen-bond donors (Lipinski definition) is 1. The number of carboxylic acids is 1. The van der Waals surface area contributed by atoms with Gasteiger partial charge in [0, 0.05) is 0 Å². The Balaban J connectivity index is 3.30. The molecule has 0 spiro atoms. The van der Waals surface area contributed by atoms with Gasteiger partial charge < -0.3 is 5.11 Å². The molecule has 0 saturated heterocycles. The molecule has 1 rings (SSSR count). The van der Waals surface area contributed by atoms with Gasteiger partial charge in [-0.2, -0.15) is 0 Å². The fourth-order valence-electron chi connectivity index (χ4n) is 1.57. The standard InChI is InChI=1S/C11H15NO4S/c1-8-5-4-6-10(7-8)12(17(3,15)16)9(2)11(13)14/h4-7,9H,1-3H3,(H,13,14)/t9-/m1/s1. The first-order valence-corrected chi connectivity index (χ1v) is 6.87. The smallest absolute Gasteiger partial charge is 0.327 e. The van der Waals surface area contributed by atoms with Crippen LogP contribution in [0.15, 0.2) is 24.3 Å². The van der Waals surface area contributed by atoms with Crippen molar-refractivity contribution in [1.82, 2.24) is 0 Å². The lowest BCUT2D eigenvalue weighted by Gasteiger charge is -2.26. The lowest BCUT2D eigenvalue weighted by Crippen LogP contribution is -2.42. The fraction of sp³-hybridized carbons (Fsp3) is 0.364. The Kier molecular flexibility index (Phi) is 3.77. The van der Waals surface area contributed by atoms with E-state index in [-0.39, 0.29) is 0 Å². The Labute approximate surface area is 101 Å². The van der Waals surface area contributed by atoms with Crippen LogP contribution in [-0.2, 0) is 14.8 Å². The van der Waals surface area contributed by atoms with Crippen LogP contribution >= 0.6 is 0 Å². The number of aryl methyl sites for hydroxylation is 1. The first-order chi connectivity index (χ1) is 7.73. The average Bonchev–Trinajstić information content (AvgIpc) is 2.15. The summed E-state index contributed by atoms with van der Waals surface area (Å²) in [7, 11) is -3.63. The number of aliphatic carboxylic acids is 1. The van der Waals surface area contributed by atoms with Crippen LogP contribution in [0.1, 0.15) is 12.5 Å². The van der Waals surface area contributed by atoms with Gasteiger partial charge in [0.15, 0.2) is 0 Å². The van der Waals surface area contributed by atoms with Crippen LogP contribution in [0.5, 0.6) is 0 Å². The highest BCUT2D eigenvalue weighted by Gasteiger charge is 2.28. The molecule has 0 unspecified atom stereocenters. The molecule has 94 valence electrons. The normalized spacial score (nSPS) is 13.1. The molecular formula is C11H15NO4S. The van der Waals surface area contributed by atoms with Crippen LogP contribution in [0.2, 0.25) is 0 Å². The van der Waals surface area contributed by atoms with Gasteiger partial charge in [0.25, 0.3) is 0 Å². The van der Waals surface area contributed by atoms with Crippen molar-refractivity contribution in [2.24, 2.45) is 0 Å². The molecule has 0 aromatic heterocycles. The molecule has 0 amide bonds. The SMILES string of the molecule is Cc1cccc(N([C@H](C)C(=O)O)S(C)(=O)=O)c1. The Hall–Kier alpha value is -1.56. The molecule has 0 fully saturated rings. The maximum absolute atomic E-state index is 11.7. The Morgan fingerprint density at radius 1 is 1.41 bits per heavy atom. The third-order valence-electron chi connectivity index (χ3n) is 2.32. The maximum atomic E-state index is 11.7. The lowest BCUT2D eigenvalue weighted by atomic mass is 10.2. The van der Waals surface area contributed by atoms with Crippen molar-refractivity contribution in [1.29, 1.82) is 0 Å². The molecule has 0 heterocycles. The molecule has 6 heteroatoms. The third kappa shape index (κ3) is 3.20. The van der Waals surface area contributed by atoms with Crippen LogP contribution in [0.4, 0.5) is 5.69 Å². The van der Waals surface area contributed by atoms with Crippen LogP contribution in [0.25, 0.3) is 0 Å². The van der Waals surface area contributed by atoms with Crippen molar-refractivity contribution in [3.05, 3.63) is 29.8 Å². The van der Waals surface area contributed by atoms with Crippen molar-refractivity contribution in [2.75, 3.05) is 10.6 Å². The minimum absolute atomic E-state index is 0.363.